The number of benzene rings is 2. The number of sulfonamides is 1. The quantitative estimate of drug-likeness (QED) is 0.451. The fourth-order valence-electron chi connectivity index (χ4n) is 2.55. The summed E-state index contributed by atoms with van der Waals surface area (Å²) in [7, 11) is -3.56. The van der Waals surface area contributed by atoms with E-state index in [0.717, 1.165) is 16.1 Å². The fourth-order valence-corrected chi connectivity index (χ4v) is 3.32. The Hall–Kier alpha value is -2.91. The lowest BCUT2D eigenvalue weighted by Crippen LogP contribution is -2.40. The van der Waals surface area contributed by atoms with Crippen LogP contribution in [0.4, 0.5) is 0 Å². The van der Waals surface area contributed by atoms with Gasteiger partial charge in [-0.3, -0.25) is 4.79 Å². The van der Waals surface area contributed by atoms with Gasteiger partial charge in [-0.25, -0.2) is 13.8 Å². The third-order valence-electron chi connectivity index (χ3n) is 4.00. The van der Waals surface area contributed by atoms with Crippen LogP contribution in [0, 0.1) is 0 Å². The molecule has 2 rings (SSSR count). The first-order chi connectivity index (χ1) is 13.8. The first-order valence-corrected chi connectivity index (χ1v) is 10.9. The molecule has 156 valence electrons. The summed E-state index contributed by atoms with van der Waals surface area (Å²) in [5, 5.41) is 13.9. The molecule has 0 radical (unpaired) electrons. The smallest absolute Gasteiger partial charge is 0.255 e. The normalized spacial score (nSPS) is 11.7. The van der Waals surface area contributed by atoms with Gasteiger partial charge in [0.1, 0.15) is 0 Å². The van der Waals surface area contributed by atoms with Crippen LogP contribution >= 0.6 is 0 Å². The number of hydrogen-bond acceptors (Lipinski definition) is 6. The molecule has 0 aliphatic heterocycles. The molecule has 0 atom stereocenters. The highest BCUT2D eigenvalue weighted by Gasteiger charge is 2.19. The minimum absolute atomic E-state index is 0.0898. The van der Waals surface area contributed by atoms with E-state index >= 15 is 0 Å². The Morgan fingerprint density at radius 2 is 1.93 bits per heavy atom. The molecule has 0 aromatic heterocycles. The van der Waals surface area contributed by atoms with Crippen molar-refractivity contribution in [2.24, 2.45) is 5.10 Å². The minimum Gasteiger partial charge on any atom is -0.504 e. The topological polar surface area (TPSA) is 108 Å². The van der Waals surface area contributed by atoms with Crippen molar-refractivity contribution in [2.45, 2.75) is 13.3 Å². The molecule has 0 aliphatic rings. The number of para-hydroxylation sites is 1. The predicted octanol–water partition coefficient (Wildman–Crippen LogP) is 1.75. The van der Waals surface area contributed by atoms with Crippen LogP contribution in [-0.2, 0) is 21.2 Å². The lowest BCUT2D eigenvalue weighted by molar-refractivity contribution is -0.121. The number of carbonyl (C=O) groups excluding carboxylic acids is 1. The van der Waals surface area contributed by atoms with Crippen LogP contribution < -0.4 is 10.2 Å². The second-order valence-corrected chi connectivity index (χ2v) is 8.23. The summed E-state index contributed by atoms with van der Waals surface area (Å²) in [5.74, 6) is -0.361. The molecule has 2 N–H and O–H groups in total. The Morgan fingerprint density at radius 1 is 1.21 bits per heavy atom. The second kappa shape index (κ2) is 10.6. The monoisotopic (exact) mass is 419 g/mol. The largest absolute Gasteiger partial charge is 0.504 e. The third-order valence-corrected chi connectivity index (χ3v) is 5.25. The predicted molar refractivity (Wildman–Crippen MR) is 112 cm³/mol. The maximum absolute atomic E-state index is 12.1. The van der Waals surface area contributed by atoms with Crippen molar-refractivity contribution in [1.82, 2.24) is 9.73 Å². The number of aromatic hydroxyl groups is 1. The summed E-state index contributed by atoms with van der Waals surface area (Å²) < 4.78 is 30.4. The molecule has 0 spiro atoms. The standard InChI is InChI=1S/C20H25N3O5S/c1-3-28-18-11-7-10-17(20(18)25)14-21-22-19(24)15-23(29(2,26)27)13-12-16-8-5-4-6-9-16/h4-11,14,25H,3,12-13,15H2,1-2H3,(H,22,24)/b21-14+. The van der Waals surface area contributed by atoms with E-state index in [1.54, 1.807) is 25.1 Å². The lowest BCUT2D eigenvalue weighted by atomic mass is 10.1. The highest BCUT2D eigenvalue weighted by Crippen LogP contribution is 2.28. The SMILES string of the molecule is CCOc1cccc(/C=N/NC(=O)CN(CCc2ccccc2)S(C)(=O)=O)c1O. The Bertz CT molecular complexity index is 946. The number of amides is 1. The van der Waals surface area contributed by atoms with E-state index in [-0.39, 0.29) is 18.8 Å². The molecule has 1 amide bonds. The second-order valence-electron chi connectivity index (χ2n) is 6.25. The zero-order valence-electron chi connectivity index (χ0n) is 16.4. The number of hydrazone groups is 1. The number of nitrogens with one attached hydrogen (secondary N) is 1. The maximum Gasteiger partial charge on any atom is 0.255 e. The zero-order valence-corrected chi connectivity index (χ0v) is 17.2. The van der Waals surface area contributed by atoms with Crippen molar-refractivity contribution in [3.8, 4) is 11.5 Å². The number of hydrogen-bond donors (Lipinski definition) is 2. The van der Waals surface area contributed by atoms with Crippen molar-refractivity contribution >= 4 is 22.1 Å². The van der Waals surface area contributed by atoms with E-state index in [2.05, 4.69) is 10.5 Å². The molecule has 9 heteroatoms. The summed E-state index contributed by atoms with van der Waals surface area (Å²) in [4.78, 5) is 12.1. The van der Waals surface area contributed by atoms with Gasteiger partial charge in [0.15, 0.2) is 11.5 Å². The highest BCUT2D eigenvalue weighted by atomic mass is 32.2. The average molecular weight is 420 g/mol. The lowest BCUT2D eigenvalue weighted by Gasteiger charge is -2.18. The number of rotatable bonds is 10. The van der Waals surface area contributed by atoms with Gasteiger partial charge in [0, 0.05) is 12.1 Å². The molecule has 2 aromatic rings. The summed E-state index contributed by atoms with van der Waals surface area (Å²) in [6.45, 7) is 2.02. The fraction of sp³-hybridized carbons (Fsp3) is 0.300. The maximum atomic E-state index is 12.1. The molecule has 8 nitrogen and oxygen atoms in total. The van der Waals surface area contributed by atoms with Crippen LogP contribution in [0.25, 0.3) is 0 Å². The van der Waals surface area contributed by atoms with Gasteiger partial charge in [-0.2, -0.15) is 9.41 Å². The van der Waals surface area contributed by atoms with Crippen molar-refractivity contribution in [1.29, 1.82) is 0 Å². The first kappa shape index (κ1) is 22.4. The van der Waals surface area contributed by atoms with Crippen molar-refractivity contribution in [3.05, 3.63) is 59.7 Å². The number of ether oxygens (including phenoxy) is 1. The molecule has 0 saturated heterocycles. The average Bonchev–Trinajstić information content (AvgIpc) is 2.68. The molecule has 29 heavy (non-hydrogen) atoms. The van der Waals surface area contributed by atoms with E-state index in [1.807, 2.05) is 30.3 Å². The van der Waals surface area contributed by atoms with Gasteiger partial charge in [-0.05, 0) is 31.0 Å². The molecule has 0 heterocycles. The van der Waals surface area contributed by atoms with Crippen molar-refractivity contribution in [3.63, 3.8) is 0 Å². The molecular weight excluding hydrogens is 394 g/mol. The van der Waals surface area contributed by atoms with E-state index in [0.29, 0.717) is 24.3 Å². The van der Waals surface area contributed by atoms with Crippen LogP contribution in [0.15, 0.2) is 53.6 Å². The van der Waals surface area contributed by atoms with E-state index in [1.165, 1.54) is 6.21 Å². The Morgan fingerprint density at radius 3 is 2.59 bits per heavy atom. The van der Waals surface area contributed by atoms with Gasteiger partial charge in [0.2, 0.25) is 10.0 Å². The molecular formula is C20H25N3O5S. The minimum atomic E-state index is -3.56. The first-order valence-electron chi connectivity index (χ1n) is 9.07. The number of phenolic OH excluding ortho intramolecular Hbond substituents is 1. The van der Waals surface area contributed by atoms with Crippen LogP contribution in [-0.4, -0.2) is 55.9 Å². The van der Waals surface area contributed by atoms with E-state index < -0.39 is 15.9 Å². The zero-order chi connectivity index (χ0) is 21.3. The van der Waals surface area contributed by atoms with Crippen LogP contribution in [0.5, 0.6) is 11.5 Å². The third kappa shape index (κ3) is 7.20. The number of nitrogens with zero attached hydrogens (tertiary/aromatic N) is 2. The van der Waals surface area contributed by atoms with Gasteiger partial charge in [-0.1, -0.05) is 36.4 Å². The van der Waals surface area contributed by atoms with Gasteiger partial charge in [0.25, 0.3) is 5.91 Å². The molecule has 0 aliphatic carbocycles. The molecule has 0 saturated carbocycles. The van der Waals surface area contributed by atoms with Crippen LogP contribution in [0.2, 0.25) is 0 Å². The molecule has 0 bridgehead atoms. The van der Waals surface area contributed by atoms with Crippen LogP contribution in [0.1, 0.15) is 18.1 Å². The summed E-state index contributed by atoms with van der Waals surface area (Å²) in [6, 6.07) is 14.3. The molecule has 0 fully saturated rings. The van der Waals surface area contributed by atoms with E-state index in [4.69, 9.17) is 4.74 Å². The summed E-state index contributed by atoms with van der Waals surface area (Å²) in [6.07, 6.45) is 2.82. The molecule has 2 aromatic carbocycles. The van der Waals surface area contributed by atoms with Gasteiger partial charge >= 0.3 is 0 Å². The van der Waals surface area contributed by atoms with Crippen molar-refractivity contribution in [2.75, 3.05) is 26.0 Å². The van der Waals surface area contributed by atoms with Gasteiger partial charge in [0.05, 0.1) is 25.6 Å². The Balaban J connectivity index is 1.96. The Labute approximate surface area is 170 Å². The van der Waals surface area contributed by atoms with Gasteiger partial charge < -0.3 is 9.84 Å². The summed E-state index contributed by atoms with van der Waals surface area (Å²) in [5.41, 5.74) is 3.62. The van der Waals surface area contributed by atoms with Crippen LogP contribution in [0.3, 0.4) is 0 Å². The number of phenols is 1. The Kier molecular flexibility index (Phi) is 8.17. The molecule has 0 unspecified atom stereocenters. The van der Waals surface area contributed by atoms with Crippen molar-refractivity contribution < 1.29 is 23.1 Å². The highest BCUT2D eigenvalue weighted by molar-refractivity contribution is 7.88. The number of carbonyl (C=O) groups is 1. The van der Waals surface area contributed by atoms with Gasteiger partial charge in [-0.15, -0.1) is 0 Å². The summed E-state index contributed by atoms with van der Waals surface area (Å²) >= 11 is 0. The van der Waals surface area contributed by atoms with E-state index in [9.17, 15) is 18.3 Å².